The lowest BCUT2D eigenvalue weighted by Crippen LogP contribution is -2.31. The van der Waals surface area contributed by atoms with Crippen LogP contribution in [0.15, 0.2) is 23.8 Å². The van der Waals surface area contributed by atoms with Crippen molar-refractivity contribution in [2.24, 2.45) is 5.14 Å². The Bertz CT molecular complexity index is 317. The van der Waals surface area contributed by atoms with Gasteiger partial charge in [0.2, 0.25) is 0 Å². The van der Waals surface area contributed by atoms with Gasteiger partial charge >= 0.3 is 0 Å². The van der Waals surface area contributed by atoms with Gasteiger partial charge < -0.3 is 0 Å². The van der Waals surface area contributed by atoms with Crippen LogP contribution in [0, 0.1) is 0 Å². The van der Waals surface area contributed by atoms with Crippen LogP contribution < -0.4 is 9.86 Å². The molecule has 0 aromatic rings. The van der Waals surface area contributed by atoms with Gasteiger partial charge in [0.05, 0.1) is 0 Å². The van der Waals surface area contributed by atoms with Crippen LogP contribution >= 0.6 is 0 Å². The maximum Gasteiger partial charge on any atom is 0.274 e. The topological polar surface area (TPSA) is 72.2 Å². The molecule has 0 unspecified atom stereocenters. The summed E-state index contributed by atoms with van der Waals surface area (Å²) in [6, 6.07) is 0. The molecule has 0 saturated heterocycles. The fourth-order valence-electron chi connectivity index (χ4n) is 1.21. The highest BCUT2D eigenvalue weighted by atomic mass is 32.2. The van der Waals surface area contributed by atoms with Gasteiger partial charge in [-0.15, -0.1) is 0 Å². The molecule has 3 N–H and O–H groups in total. The van der Waals surface area contributed by atoms with E-state index >= 15 is 0 Å². The van der Waals surface area contributed by atoms with E-state index in [1.54, 1.807) is 0 Å². The number of allylic oxidation sites excluding steroid dienone is 3. The maximum atomic E-state index is 10.5. The van der Waals surface area contributed by atoms with E-state index in [9.17, 15) is 8.42 Å². The molecule has 0 saturated carbocycles. The fourth-order valence-corrected chi connectivity index (χ4v) is 1.60. The molecule has 5 heteroatoms. The van der Waals surface area contributed by atoms with Crippen molar-refractivity contribution >= 4 is 10.2 Å². The third-order valence-electron chi connectivity index (χ3n) is 1.85. The van der Waals surface area contributed by atoms with Gasteiger partial charge in [-0.1, -0.05) is 23.8 Å². The summed E-state index contributed by atoms with van der Waals surface area (Å²) in [5.74, 6) is 0. The van der Waals surface area contributed by atoms with Crippen molar-refractivity contribution in [1.82, 2.24) is 4.72 Å². The van der Waals surface area contributed by atoms with Crippen LogP contribution in [0.4, 0.5) is 0 Å². The average molecular weight is 202 g/mol. The Kier molecular flexibility index (Phi) is 3.65. The van der Waals surface area contributed by atoms with Crippen molar-refractivity contribution in [2.45, 2.75) is 19.3 Å². The van der Waals surface area contributed by atoms with E-state index < -0.39 is 10.2 Å². The largest absolute Gasteiger partial charge is 0.274 e. The summed E-state index contributed by atoms with van der Waals surface area (Å²) < 4.78 is 23.3. The van der Waals surface area contributed by atoms with Crippen molar-refractivity contribution in [3.05, 3.63) is 23.8 Å². The Hall–Kier alpha value is -0.650. The molecule has 0 aromatic heterocycles. The fraction of sp³-hybridized carbons (Fsp3) is 0.500. The summed E-state index contributed by atoms with van der Waals surface area (Å²) in [5.41, 5.74) is 1.26. The number of rotatable bonds is 4. The zero-order valence-electron chi connectivity index (χ0n) is 7.36. The van der Waals surface area contributed by atoms with Crippen molar-refractivity contribution in [1.29, 1.82) is 0 Å². The summed E-state index contributed by atoms with van der Waals surface area (Å²) in [4.78, 5) is 0. The first kappa shape index (κ1) is 10.4. The average Bonchev–Trinajstić information content (AvgIpc) is 2.04. The van der Waals surface area contributed by atoms with Crippen molar-refractivity contribution in [3.8, 4) is 0 Å². The second-order valence-electron chi connectivity index (χ2n) is 2.98. The lowest BCUT2D eigenvalue weighted by atomic mass is 10.0. The Morgan fingerprint density at radius 3 is 2.85 bits per heavy atom. The maximum absolute atomic E-state index is 10.5. The van der Waals surface area contributed by atoms with Crippen LogP contribution in [0.5, 0.6) is 0 Å². The van der Waals surface area contributed by atoms with Gasteiger partial charge in [-0.05, 0) is 19.3 Å². The van der Waals surface area contributed by atoms with Crippen LogP contribution in [-0.4, -0.2) is 15.0 Å². The Labute approximate surface area is 78.7 Å². The molecular weight excluding hydrogens is 188 g/mol. The van der Waals surface area contributed by atoms with E-state index in [-0.39, 0.29) is 0 Å². The Morgan fingerprint density at radius 1 is 1.54 bits per heavy atom. The second-order valence-corrected chi connectivity index (χ2v) is 4.36. The third kappa shape index (κ3) is 4.82. The van der Waals surface area contributed by atoms with E-state index in [1.165, 1.54) is 5.57 Å². The first-order chi connectivity index (χ1) is 6.08. The molecule has 0 spiro atoms. The van der Waals surface area contributed by atoms with Gasteiger partial charge in [0.15, 0.2) is 0 Å². The molecule has 0 fully saturated rings. The second kappa shape index (κ2) is 4.55. The van der Waals surface area contributed by atoms with E-state index in [4.69, 9.17) is 5.14 Å². The van der Waals surface area contributed by atoms with Gasteiger partial charge in [-0.2, -0.15) is 8.42 Å². The first-order valence-corrected chi connectivity index (χ1v) is 5.74. The summed E-state index contributed by atoms with van der Waals surface area (Å²) in [6.07, 6.45) is 8.91. The molecule has 0 heterocycles. The Balaban J connectivity index is 2.27. The summed E-state index contributed by atoms with van der Waals surface area (Å²) in [5, 5.41) is 4.78. The van der Waals surface area contributed by atoms with Crippen molar-refractivity contribution in [3.63, 3.8) is 0 Å². The predicted molar refractivity (Wildman–Crippen MR) is 52.2 cm³/mol. The molecule has 1 rings (SSSR count). The van der Waals surface area contributed by atoms with Gasteiger partial charge in [-0.3, -0.25) is 0 Å². The molecule has 1 aliphatic carbocycles. The summed E-state index contributed by atoms with van der Waals surface area (Å²) in [6.45, 7) is 0.387. The monoisotopic (exact) mass is 202 g/mol. The quantitative estimate of drug-likeness (QED) is 0.694. The van der Waals surface area contributed by atoms with Crippen LogP contribution in [0.25, 0.3) is 0 Å². The number of nitrogens with two attached hydrogens (primary N) is 1. The number of hydrogen-bond acceptors (Lipinski definition) is 2. The zero-order chi connectivity index (χ0) is 9.73. The van der Waals surface area contributed by atoms with Crippen LogP contribution in [0.1, 0.15) is 19.3 Å². The van der Waals surface area contributed by atoms with Gasteiger partial charge in [-0.25, -0.2) is 9.86 Å². The predicted octanol–water partition coefficient (Wildman–Crippen LogP) is 0.446. The highest BCUT2D eigenvalue weighted by Crippen LogP contribution is 2.14. The molecule has 1 aliphatic rings. The van der Waals surface area contributed by atoms with Crippen LogP contribution in [0.3, 0.4) is 0 Å². The van der Waals surface area contributed by atoms with Crippen molar-refractivity contribution < 1.29 is 8.42 Å². The minimum atomic E-state index is -3.52. The molecule has 74 valence electrons. The molecular formula is C8H14N2O2S. The SMILES string of the molecule is NS(=O)(=O)NCCC1=CC=CCC1. The van der Waals surface area contributed by atoms with Crippen LogP contribution in [-0.2, 0) is 10.2 Å². The van der Waals surface area contributed by atoms with E-state index in [0.29, 0.717) is 6.54 Å². The van der Waals surface area contributed by atoms with Gasteiger partial charge in [0.25, 0.3) is 10.2 Å². The standard InChI is InChI=1S/C8H14N2O2S/c9-13(11,12)10-7-6-8-4-2-1-3-5-8/h1-2,4,10H,3,5-7H2,(H2,9,11,12). The molecule has 0 amide bonds. The molecule has 0 aromatic carbocycles. The smallest absolute Gasteiger partial charge is 0.216 e. The van der Waals surface area contributed by atoms with E-state index in [1.807, 2.05) is 12.2 Å². The van der Waals surface area contributed by atoms with E-state index in [0.717, 1.165) is 19.3 Å². The highest BCUT2D eigenvalue weighted by Gasteiger charge is 2.02. The molecule has 13 heavy (non-hydrogen) atoms. The van der Waals surface area contributed by atoms with Crippen molar-refractivity contribution in [2.75, 3.05) is 6.54 Å². The number of hydrogen-bond donors (Lipinski definition) is 2. The zero-order valence-corrected chi connectivity index (χ0v) is 8.18. The summed E-state index contributed by atoms with van der Waals surface area (Å²) in [7, 11) is -3.52. The lowest BCUT2D eigenvalue weighted by molar-refractivity contribution is 0.582. The molecule has 0 bridgehead atoms. The highest BCUT2D eigenvalue weighted by molar-refractivity contribution is 7.87. The lowest BCUT2D eigenvalue weighted by Gasteiger charge is -2.08. The normalized spacial score (nSPS) is 17.2. The number of nitrogens with one attached hydrogen (secondary N) is 1. The van der Waals surface area contributed by atoms with Gasteiger partial charge in [0.1, 0.15) is 0 Å². The Morgan fingerprint density at radius 2 is 2.31 bits per heavy atom. The molecule has 4 nitrogen and oxygen atoms in total. The molecule has 0 radical (unpaired) electrons. The van der Waals surface area contributed by atoms with Gasteiger partial charge in [0, 0.05) is 6.54 Å². The molecule has 0 aliphatic heterocycles. The summed E-state index contributed by atoms with van der Waals surface area (Å²) >= 11 is 0. The minimum absolute atomic E-state index is 0.387. The van der Waals surface area contributed by atoms with Crippen LogP contribution in [0.2, 0.25) is 0 Å². The molecule has 0 atom stereocenters. The first-order valence-electron chi connectivity index (χ1n) is 4.20. The van der Waals surface area contributed by atoms with E-state index in [2.05, 4.69) is 10.8 Å². The minimum Gasteiger partial charge on any atom is -0.216 e. The third-order valence-corrected chi connectivity index (χ3v) is 2.46.